The molecular formula is C25H18BrNO6. The summed E-state index contributed by atoms with van der Waals surface area (Å²) in [6.45, 7) is 0.134. The molecule has 0 radical (unpaired) electrons. The molecule has 0 saturated carbocycles. The molecule has 2 aromatic carbocycles. The predicted octanol–water partition coefficient (Wildman–Crippen LogP) is 5.58. The fourth-order valence-electron chi connectivity index (χ4n) is 4.02. The zero-order valence-electron chi connectivity index (χ0n) is 17.4. The molecule has 7 nitrogen and oxygen atoms in total. The fourth-order valence-corrected chi connectivity index (χ4v) is 4.40. The molecular weight excluding hydrogens is 490 g/mol. The third-order valence-electron chi connectivity index (χ3n) is 5.55. The molecule has 166 valence electrons. The Morgan fingerprint density at radius 1 is 1.15 bits per heavy atom. The first kappa shape index (κ1) is 21.1. The molecule has 3 heterocycles. The number of carbonyl (C=O) groups excluding carboxylic acids is 2. The van der Waals surface area contributed by atoms with E-state index in [0.717, 1.165) is 15.4 Å². The summed E-state index contributed by atoms with van der Waals surface area (Å²) in [4.78, 5) is 28.0. The standard InChI is InChI=1S/C25H18BrNO6/c1-31-17-5-2-4-14(10-17)13-27-22(19-6-3-9-32-19)21(24(29)25(27)30)23(28)20-12-15-11-16(26)7-8-18(15)33-20/h2-12,22,29H,13H2,1H3. The van der Waals surface area contributed by atoms with Crippen LogP contribution in [0.25, 0.3) is 11.0 Å². The van der Waals surface area contributed by atoms with Crippen molar-refractivity contribution in [3.8, 4) is 5.75 Å². The summed E-state index contributed by atoms with van der Waals surface area (Å²) in [7, 11) is 1.56. The van der Waals surface area contributed by atoms with Crippen molar-refractivity contribution in [2.45, 2.75) is 12.6 Å². The molecule has 1 atom stereocenters. The van der Waals surface area contributed by atoms with Crippen LogP contribution in [0.3, 0.4) is 0 Å². The van der Waals surface area contributed by atoms with Crippen LogP contribution in [-0.2, 0) is 11.3 Å². The minimum absolute atomic E-state index is 0.0252. The number of hydrogen-bond donors (Lipinski definition) is 1. The van der Waals surface area contributed by atoms with Crippen molar-refractivity contribution in [3.63, 3.8) is 0 Å². The van der Waals surface area contributed by atoms with Crippen LogP contribution in [0.15, 0.2) is 91.6 Å². The van der Waals surface area contributed by atoms with Crippen molar-refractivity contribution in [1.29, 1.82) is 0 Å². The summed E-state index contributed by atoms with van der Waals surface area (Å²) in [5.41, 5.74) is 1.21. The molecule has 1 unspecified atom stereocenters. The van der Waals surface area contributed by atoms with E-state index in [9.17, 15) is 14.7 Å². The van der Waals surface area contributed by atoms with E-state index in [1.165, 1.54) is 11.2 Å². The zero-order chi connectivity index (χ0) is 23.1. The molecule has 33 heavy (non-hydrogen) atoms. The number of halogens is 1. The van der Waals surface area contributed by atoms with Gasteiger partial charge in [-0.25, -0.2) is 0 Å². The third-order valence-corrected chi connectivity index (χ3v) is 6.04. The number of fused-ring (bicyclic) bond motifs is 1. The van der Waals surface area contributed by atoms with Gasteiger partial charge in [-0.3, -0.25) is 9.59 Å². The lowest BCUT2D eigenvalue weighted by molar-refractivity contribution is -0.130. The minimum Gasteiger partial charge on any atom is -0.503 e. The normalized spacial score (nSPS) is 16.1. The molecule has 2 aromatic heterocycles. The summed E-state index contributed by atoms with van der Waals surface area (Å²) in [6, 6.07) is 16.6. The van der Waals surface area contributed by atoms with E-state index in [4.69, 9.17) is 13.6 Å². The number of benzene rings is 2. The number of hydrogen-bond acceptors (Lipinski definition) is 6. The van der Waals surface area contributed by atoms with Crippen molar-refractivity contribution >= 4 is 38.6 Å². The van der Waals surface area contributed by atoms with Gasteiger partial charge in [0.25, 0.3) is 5.91 Å². The Morgan fingerprint density at radius 3 is 2.76 bits per heavy atom. The average Bonchev–Trinajstić information content (AvgIpc) is 3.54. The Labute approximate surface area is 197 Å². The number of nitrogens with zero attached hydrogens (tertiary/aromatic N) is 1. The molecule has 0 spiro atoms. The van der Waals surface area contributed by atoms with E-state index in [2.05, 4.69) is 15.9 Å². The Bertz CT molecular complexity index is 1400. The minimum atomic E-state index is -0.911. The van der Waals surface area contributed by atoms with Crippen molar-refractivity contribution in [2.75, 3.05) is 7.11 Å². The number of Topliss-reactive ketones (excluding diaryl/α,β-unsaturated/α-hetero) is 1. The number of carbonyl (C=O) groups is 2. The molecule has 0 bridgehead atoms. The molecule has 0 aliphatic carbocycles. The number of methoxy groups -OCH3 is 1. The number of rotatable bonds is 6. The van der Waals surface area contributed by atoms with Gasteiger partial charge in [-0.1, -0.05) is 28.1 Å². The lowest BCUT2D eigenvalue weighted by Crippen LogP contribution is -2.30. The predicted molar refractivity (Wildman–Crippen MR) is 123 cm³/mol. The monoisotopic (exact) mass is 507 g/mol. The number of furan rings is 2. The lowest BCUT2D eigenvalue weighted by atomic mass is 9.99. The zero-order valence-corrected chi connectivity index (χ0v) is 19.0. The van der Waals surface area contributed by atoms with Crippen molar-refractivity contribution in [2.24, 2.45) is 0 Å². The van der Waals surface area contributed by atoms with Crippen molar-refractivity contribution in [3.05, 3.63) is 99.8 Å². The average molecular weight is 508 g/mol. The van der Waals surface area contributed by atoms with Crippen molar-refractivity contribution < 1.29 is 28.3 Å². The van der Waals surface area contributed by atoms with Crippen LogP contribution in [0.5, 0.6) is 5.75 Å². The molecule has 1 amide bonds. The van der Waals surface area contributed by atoms with Crippen LogP contribution in [0.2, 0.25) is 0 Å². The Hall–Kier alpha value is -3.78. The Morgan fingerprint density at radius 2 is 2.00 bits per heavy atom. The van der Waals surface area contributed by atoms with E-state index in [1.807, 2.05) is 18.2 Å². The van der Waals surface area contributed by atoms with E-state index < -0.39 is 23.5 Å². The van der Waals surface area contributed by atoms with E-state index >= 15 is 0 Å². The van der Waals surface area contributed by atoms with Gasteiger partial charge in [0.05, 0.1) is 18.9 Å². The van der Waals surface area contributed by atoms with Crippen LogP contribution < -0.4 is 4.74 Å². The summed E-state index contributed by atoms with van der Waals surface area (Å²) in [6.07, 6.45) is 1.46. The topological polar surface area (TPSA) is 93.1 Å². The SMILES string of the molecule is COc1cccc(CN2C(=O)C(O)=C(C(=O)c3cc4cc(Br)ccc4o3)C2c2ccco2)c1. The highest BCUT2D eigenvalue weighted by Gasteiger charge is 2.46. The molecule has 1 aliphatic rings. The first-order valence-electron chi connectivity index (χ1n) is 10.1. The van der Waals surface area contributed by atoms with Crippen LogP contribution in [0, 0.1) is 0 Å². The first-order valence-corrected chi connectivity index (χ1v) is 10.9. The second-order valence-corrected chi connectivity index (χ2v) is 8.50. The molecule has 0 saturated heterocycles. The number of aliphatic hydroxyl groups excluding tert-OH is 1. The highest BCUT2D eigenvalue weighted by Crippen LogP contribution is 2.41. The van der Waals surface area contributed by atoms with Gasteiger partial charge in [0, 0.05) is 16.4 Å². The third kappa shape index (κ3) is 3.72. The van der Waals surface area contributed by atoms with Crippen LogP contribution in [0.4, 0.5) is 0 Å². The van der Waals surface area contributed by atoms with Crippen LogP contribution >= 0.6 is 15.9 Å². The van der Waals surface area contributed by atoms with Crippen molar-refractivity contribution in [1.82, 2.24) is 4.90 Å². The molecule has 0 fully saturated rings. The fraction of sp³-hybridized carbons (Fsp3) is 0.120. The second-order valence-electron chi connectivity index (χ2n) is 7.59. The molecule has 5 rings (SSSR count). The van der Waals surface area contributed by atoms with Gasteiger partial charge in [-0.05, 0) is 54.1 Å². The summed E-state index contributed by atoms with van der Waals surface area (Å²) in [5.74, 6) is -0.847. The van der Waals surface area contributed by atoms with E-state index in [0.29, 0.717) is 17.1 Å². The molecule has 1 N–H and O–H groups in total. The van der Waals surface area contributed by atoms with Crippen LogP contribution in [0.1, 0.15) is 27.9 Å². The summed E-state index contributed by atoms with van der Waals surface area (Å²) in [5, 5.41) is 11.5. The Kier molecular flexibility index (Phi) is 5.30. The lowest BCUT2D eigenvalue weighted by Gasteiger charge is -2.25. The number of amides is 1. The second kappa shape index (κ2) is 8.29. The summed E-state index contributed by atoms with van der Waals surface area (Å²) >= 11 is 3.40. The number of ketones is 1. The maximum absolute atomic E-state index is 13.5. The smallest absolute Gasteiger partial charge is 0.290 e. The highest BCUT2D eigenvalue weighted by molar-refractivity contribution is 9.10. The summed E-state index contributed by atoms with van der Waals surface area (Å²) < 4.78 is 17.4. The number of aliphatic hydroxyl groups is 1. The maximum atomic E-state index is 13.5. The maximum Gasteiger partial charge on any atom is 0.290 e. The molecule has 4 aromatic rings. The van der Waals surface area contributed by atoms with E-state index in [1.54, 1.807) is 49.6 Å². The van der Waals surface area contributed by atoms with Gasteiger partial charge in [-0.2, -0.15) is 0 Å². The van der Waals surface area contributed by atoms with Gasteiger partial charge in [0.1, 0.15) is 23.1 Å². The van der Waals surface area contributed by atoms with Gasteiger partial charge in [0.15, 0.2) is 11.5 Å². The Balaban J connectivity index is 1.56. The van der Waals surface area contributed by atoms with E-state index in [-0.39, 0.29) is 17.9 Å². The molecule has 1 aliphatic heterocycles. The largest absolute Gasteiger partial charge is 0.503 e. The van der Waals surface area contributed by atoms with Crippen LogP contribution in [-0.4, -0.2) is 28.8 Å². The highest BCUT2D eigenvalue weighted by atomic mass is 79.9. The number of ether oxygens (including phenoxy) is 1. The van der Waals surface area contributed by atoms with Gasteiger partial charge < -0.3 is 23.6 Å². The van der Waals surface area contributed by atoms with Gasteiger partial charge in [-0.15, -0.1) is 0 Å². The quantitative estimate of drug-likeness (QED) is 0.342. The van der Waals surface area contributed by atoms with Gasteiger partial charge >= 0.3 is 0 Å². The first-order chi connectivity index (χ1) is 16.0. The molecule has 8 heteroatoms. The van der Waals surface area contributed by atoms with Gasteiger partial charge in [0.2, 0.25) is 5.78 Å².